The fourth-order valence-corrected chi connectivity index (χ4v) is 4.80. The fraction of sp³-hybridized carbons (Fsp3) is 0.120. The van der Waals surface area contributed by atoms with E-state index in [1.54, 1.807) is 35.2 Å². The first-order valence-corrected chi connectivity index (χ1v) is 11.7. The van der Waals surface area contributed by atoms with Gasteiger partial charge in [0.25, 0.3) is 11.8 Å². The molecule has 1 aliphatic heterocycles. The van der Waals surface area contributed by atoms with Gasteiger partial charge in [0.05, 0.1) is 11.0 Å². The molecular weight excluding hydrogens is 514 g/mol. The molecule has 10 heteroatoms. The zero-order chi connectivity index (χ0) is 24.1. The molecule has 0 atom stereocenters. The minimum absolute atomic E-state index is 0.157. The molecule has 2 amide bonds. The lowest BCUT2D eigenvalue weighted by atomic mass is 9.96. The number of rotatable bonds is 3. The molecule has 0 fully saturated rings. The number of carbonyl (C=O) groups excluding carboxylic acids is 2. The second-order valence-corrected chi connectivity index (χ2v) is 9.20. The molecule has 3 N–H and O–H groups in total. The summed E-state index contributed by atoms with van der Waals surface area (Å²) in [5.41, 5.74) is 5.35. The quantitative estimate of drug-likeness (QED) is 0.321. The number of nitrogens with one attached hydrogen (secondary N) is 3. The molecule has 0 aliphatic carbocycles. The van der Waals surface area contributed by atoms with Gasteiger partial charge in [-0.05, 0) is 82.0 Å². The van der Waals surface area contributed by atoms with Gasteiger partial charge in [-0.2, -0.15) is 5.10 Å². The zero-order valence-corrected chi connectivity index (χ0v) is 19.8. The molecule has 35 heavy (non-hydrogen) atoms. The molecule has 9 nitrogen and oxygen atoms in total. The molecule has 1 aliphatic rings. The Kier molecular flexibility index (Phi) is 5.03. The molecule has 0 saturated heterocycles. The maximum Gasteiger partial charge on any atom is 0.417 e. The number of benzene rings is 3. The molecule has 3 aromatic carbocycles. The van der Waals surface area contributed by atoms with E-state index < -0.39 is 5.76 Å². The van der Waals surface area contributed by atoms with Crippen LogP contribution in [0, 0.1) is 0 Å². The lowest BCUT2D eigenvalue weighted by molar-refractivity contribution is 0.0734. The monoisotopic (exact) mass is 531 g/mol. The van der Waals surface area contributed by atoms with Crippen LogP contribution in [0.1, 0.15) is 31.8 Å². The van der Waals surface area contributed by atoms with Gasteiger partial charge < -0.3 is 14.6 Å². The van der Waals surface area contributed by atoms with Crippen LogP contribution in [-0.4, -0.2) is 38.4 Å². The Balaban J connectivity index is 1.21. The van der Waals surface area contributed by atoms with Crippen molar-refractivity contribution in [3.63, 3.8) is 0 Å². The standard InChI is InChI=1S/C25H18BrN5O4/c26-22-18-11-17(4-6-19(18)29-30-22)27-23(32)14-2-1-13-7-8-31(12-16(13)9-14)24(33)15-3-5-20-21(10-15)35-25(34)28-20/h1-6,9-11H,7-8,12H2,(H,27,32)(H,28,34)(H,29,30). The Morgan fingerprint density at radius 1 is 1.03 bits per heavy atom. The summed E-state index contributed by atoms with van der Waals surface area (Å²) in [5.74, 6) is -0.946. The van der Waals surface area contributed by atoms with Crippen molar-refractivity contribution < 1.29 is 14.0 Å². The summed E-state index contributed by atoms with van der Waals surface area (Å²) in [7, 11) is 0. The summed E-state index contributed by atoms with van der Waals surface area (Å²) >= 11 is 3.42. The first-order valence-electron chi connectivity index (χ1n) is 10.9. The van der Waals surface area contributed by atoms with E-state index in [0.717, 1.165) is 26.6 Å². The molecule has 3 heterocycles. The van der Waals surface area contributed by atoms with Crippen LogP contribution < -0.4 is 11.1 Å². The van der Waals surface area contributed by atoms with E-state index in [0.29, 0.717) is 47.4 Å². The van der Waals surface area contributed by atoms with Gasteiger partial charge in [-0.15, -0.1) is 0 Å². The van der Waals surface area contributed by atoms with Crippen LogP contribution in [-0.2, 0) is 13.0 Å². The van der Waals surface area contributed by atoms with Crippen LogP contribution >= 0.6 is 15.9 Å². The van der Waals surface area contributed by atoms with Crippen molar-refractivity contribution in [3.05, 3.63) is 92.0 Å². The van der Waals surface area contributed by atoms with E-state index in [4.69, 9.17) is 4.42 Å². The Morgan fingerprint density at radius 2 is 1.89 bits per heavy atom. The summed E-state index contributed by atoms with van der Waals surface area (Å²) in [6, 6.07) is 16.0. The summed E-state index contributed by atoms with van der Waals surface area (Å²) in [4.78, 5) is 41.8. The predicted octanol–water partition coefficient (Wildman–Crippen LogP) is 4.21. The van der Waals surface area contributed by atoms with Crippen molar-refractivity contribution in [1.82, 2.24) is 20.1 Å². The number of aromatic amines is 2. The molecule has 0 bridgehead atoms. The summed E-state index contributed by atoms with van der Waals surface area (Å²) in [5, 5.41) is 10.8. The molecule has 0 radical (unpaired) electrons. The van der Waals surface area contributed by atoms with Gasteiger partial charge in [0.2, 0.25) is 0 Å². The normalized spacial score (nSPS) is 13.2. The zero-order valence-electron chi connectivity index (χ0n) is 18.2. The molecule has 5 aromatic rings. The van der Waals surface area contributed by atoms with E-state index in [2.05, 4.69) is 36.4 Å². The van der Waals surface area contributed by atoms with Gasteiger partial charge >= 0.3 is 5.76 Å². The van der Waals surface area contributed by atoms with Crippen LogP contribution in [0.5, 0.6) is 0 Å². The minimum Gasteiger partial charge on any atom is -0.408 e. The number of carbonyl (C=O) groups is 2. The van der Waals surface area contributed by atoms with Crippen molar-refractivity contribution in [3.8, 4) is 0 Å². The summed E-state index contributed by atoms with van der Waals surface area (Å²) in [6.45, 7) is 0.949. The van der Waals surface area contributed by atoms with Crippen molar-refractivity contribution >= 4 is 55.4 Å². The molecule has 0 spiro atoms. The van der Waals surface area contributed by atoms with Crippen LogP contribution in [0.15, 0.2) is 68.4 Å². The predicted molar refractivity (Wildman–Crippen MR) is 133 cm³/mol. The van der Waals surface area contributed by atoms with Crippen molar-refractivity contribution in [2.45, 2.75) is 13.0 Å². The molecule has 0 saturated carbocycles. The average molecular weight is 532 g/mol. The number of hydrogen-bond donors (Lipinski definition) is 3. The SMILES string of the molecule is O=C(Nc1ccc2n[nH]c(Br)c2c1)c1ccc2c(c1)CN(C(=O)c1ccc3[nH]c(=O)oc3c1)CC2. The van der Waals surface area contributed by atoms with Crippen molar-refractivity contribution in [2.24, 2.45) is 0 Å². The van der Waals surface area contributed by atoms with Crippen molar-refractivity contribution in [1.29, 1.82) is 0 Å². The topological polar surface area (TPSA) is 124 Å². The number of anilines is 1. The van der Waals surface area contributed by atoms with Gasteiger partial charge in [0.15, 0.2) is 5.58 Å². The number of nitrogens with zero attached hydrogens (tertiary/aromatic N) is 2. The molecule has 2 aromatic heterocycles. The lowest BCUT2D eigenvalue weighted by Crippen LogP contribution is -2.36. The van der Waals surface area contributed by atoms with E-state index >= 15 is 0 Å². The van der Waals surface area contributed by atoms with E-state index in [1.165, 1.54) is 0 Å². The van der Waals surface area contributed by atoms with Gasteiger partial charge in [0, 0.05) is 35.3 Å². The Bertz CT molecular complexity index is 1700. The Hall–Kier alpha value is -4.18. The largest absolute Gasteiger partial charge is 0.417 e. The first-order chi connectivity index (χ1) is 16.9. The fourth-order valence-electron chi connectivity index (χ4n) is 4.39. The highest BCUT2D eigenvalue weighted by molar-refractivity contribution is 9.10. The highest BCUT2D eigenvalue weighted by atomic mass is 79.9. The first kappa shape index (κ1) is 21.4. The average Bonchev–Trinajstić information content (AvgIpc) is 3.43. The highest BCUT2D eigenvalue weighted by Crippen LogP contribution is 2.26. The second-order valence-electron chi connectivity index (χ2n) is 8.41. The maximum atomic E-state index is 13.1. The van der Waals surface area contributed by atoms with Gasteiger partial charge in [-0.1, -0.05) is 6.07 Å². The number of amides is 2. The smallest absolute Gasteiger partial charge is 0.408 e. The highest BCUT2D eigenvalue weighted by Gasteiger charge is 2.23. The number of oxazole rings is 1. The van der Waals surface area contributed by atoms with Gasteiger partial charge in [-0.3, -0.25) is 19.7 Å². The van der Waals surface area contributed by atoms with Crippen molar-refractivity contribution in [2.75, 3.05) is 11.9 Å². The number of aromatic nitrogens is 3. The van der Waals surface area contributed by atoms with E-state index in [1.807, 2.05) is 24.3 Å². The third kappa shape index (κ3) is 3.91. The minimum atomic E-state index is -0.556. The number of hydrogen-bond acceptors (Lipinski definition) is 5. The van der Waals surface area contributed by atoms with Gasteiger partial charge in [0.1, 0.15) is 4.60 Å². The molecular formula is C25H18BrN5O4. The second kappa shape index (κ2) is 8.24. The summed E-state index contributed by atoms with van der Waals surface area (Å²) in [6.07, 6.45) is 0.690. The van der Waals surface area contributed by atoms with Crippen LogP contribution in [0.3, 0.4) is 0 Å². The van der Waals surface area contributed by atoms with Crippen LogP contribution in [0.4, 0.5) is 5.69 Å². The Labute approximate surface area is 206 Å². The third-order valence-electron chi connectivity index (χ3n) is 6.20. The summed E-state index contributed by atoms with van der Waals surface area (Å²) < 4.78 is 5.83. The van der Waals surface area contributed by atoms with E-state index in [-0.39, 0.29) is 11.8 Å². The van der Waals surface area contributed by atoms with Crippen LogP contribution in [0.2, 0.25) is 0 Å². The lowest BCUT2D eigenvalue weighted by Gasteiger charge is -2.29. The molecule has 174 valence electrons. The maximum absolute atomic E-state index is 13.1. The molecule has 0 unspecified atom stereocenters. The van der Waals surface area contributed by atoms with Crippen LogP contribution in [0.25, 0.3) is 22.0 Å². The number of H-pyrrole nitrogens is 2. The third-order valence-corrected chi connectivity index (χ3v) is 6.81. The number of fused-ring (bicyclic) bond motifs is 3. The number of halogens is 1. The van der Waals surface area contributed by atoms with Gasteiger partial charge in [-0.25, -0.2) is 4.79 Å². The molecule has 6 rings (SSSR count). The van der Waals surface area contributed by atoms with E-state index in [9.17, 15) is 14.4 Å². The Morgan fingerprint density at radius 3 is 2.77 bits per heavy atom.